The molecule has 1 heterocycles. The molecule has 1 aromatic carbocycles. The normalized spacial score (nSPS) is 10.1. The van der Waals surface area contributed by atoms with Crippen molar-refractivity contribution in [2.75, 3.05) is 6.54 Å². The number of carbonyl (C=O) groups excluding carboxylic acids is 1. The van der Waals surface area contributed by atoms with Gasteiger partial charge in [0.2, 0.25) is 0 Å². The number of nitrogens with one attached hydrogen (secondary N) is 2. The van der Waals surface area contributed by atoms with Crippen LogP contribution in [0.3, 0.4) is 0 Å². The Labute approximate surface area is 120 Å². The number of amides is 2. The molecule has 0 aliphatic carbocycles. The number of benzene rings is 1. The van der Waals surface area contributed by atoms with Gasteiger partial charge in [-0.05, 0) is 24.1 Å². The molecule has 21 heavy (non-hydrogen) atoms. The van der Waals surface area contributed by atoms with Crippen molar-refractivity contribution in [1.82, 2.24) is 15.8 Å². The monoisotopic (exact) mass is 289 g/mol. The van der Waals surface area contributed by atoms with Gasteiger partial charge in [-0.1, -0.05) is 17.3 Å². The molecule has 3 N–H and O–H groups in total. The van der Waals surface area contributed by atoms with Gasteiger partial charge in [-0.2, -0.15) is 0 Å². The van der Waals surface area contributed by atoms with Gasteiger partial charge in [0.05, 0.1) is 18.3 Å². The minimum atomic E-state index is -0.952. The fraction of sp³-hybridized carbons (Fsp3) is 0.214. The Morgan fingerprint density at radius 3 is 2.52 bits per heavy atom. The van der Waals surface area contributed by atoms with Crippen molar-refractivity contribution in [3.8, 4) is 0 Å². The van der Waals surface area contributed by atoms with Gasteiger partial charge in [-0.25, -0.2) is 9.59 Å². The number of nitrogens with zero attached hydrogens (tertiary/aromatic N) is 1. The van der Waals surface area contributed by atoms with Crippen molar-refractivity contribution < 1.29 is 19.2 Å². The molecule has 0 atom stereocenters. The molecule has 110 valence electrons. The quantitative estimate of drug-likeness (QED) is 0.746. The van der Waals surface area contributed by atoms with Crippen LogP contribution in [-0.2, 0) is 13.0 Å². The van der Waals surface area contributed by atoms with Crippen LogP contribution in [0.25, 0.3) is 0 Å². The van der Waals surface area contributed by atoms with Crippen molar-refractivity contribution in [2.24, 2.45) is 0 Å². The van der Waals surface area contributed by atoms with E-state index in [1.807, 2.05) is 0 Å². The van der Waals surface area contributed by atoms with Gasteiger partial charge in [-0.3, -0.25) is 0 Å². The standard InChI is InChI=1S/C14H15N3O4/c18-13(19)11-3-1-10(2-4-11)5-7-15-14(20)16-9-12-6-8-17-21-12/h1-4,6,8H,5,7,9H2,(H,18,19)(H2,15,16,20). The number of rotatable bonds is 6. The highest BCUT2D eigenvalue weighted by molar-refractivity contribution is 5.87. The molecule has 2 aromatic rings. The first-order valence-corrected chi connectivity index (χ1v) is 6.38. The van der Waals surface area contributed by atoms with Crippen LogP contribution in [0.4, 0.5) is 4.79 Å². The highest BCUT2D eigenvalue weighted by Crippen LogP contribution is 2.04. The van der Waals surface area contributed by atoms with Crippen molar-refractivity contribution in [2.45, 2.75) is 13.0 Å². The first-order valence-electron chi connectivity index (χ1n) is 6.38. The second-order valence-corrected chi connectivity index (χ2v) is 4.34. The van der Waals surface area contributed by atoms with Gasteiger partial charge in [0.15, 0.2) is 5.76 Å². The maximum atomic E-state index is 11.5. The van der Waals surface area contributed by atoms with Crippen molar-refractivity contribution in [3.63, 3.8) is 0 Å². The molecule has 2 rings (SSSR count). The van der Waals surface area contributed by atoms with Crippen LogP contribution < -0.4 is 10.6 Å². The van der Waals surface area contributed by atoms with Crippen molar-refractivity contribution in [1.29, 1.82) is 0 Å². The summed E-state index contributed by atoms with van der Waals surface area (Å²) in [6, 6.07) is 7.93. The van der Waals surface area contributed by atoms with E-state index in [0.717, 1.165) is 5.56 Å². The zero-order chi connectivity index (χ0) is 15.1. The van der Waals surface area contributed by atoms with Gasteiger partial charge in [0, 0.05) is 12.6 Å². The molecule has 0 aliphatic heterocycles. The molecular formula is C14H15N3O4. The van der Waals surface area contributed by atoms with Gasteiger partial charge < -0.3 is 20.3 Å². The number of carboxylic acid groups (broad SMARTS) is 1. The fourth-order valence-electron chi connectivity index (χ4n) is 1.70. The summed E-state index contributed by atoms with van der Waals surface area (Å²) in [6.45, 7) is 0.730. The maximum Gasteiger partial charge on any atom is 0.335 e. The van der Waals surface area contributed by atoms with Crippen LogP contribution >= 0.6 is 0 Å². The first-order chi connectivity index (χ1) is 10.1. The number of aromatic carboxylic acids is 1. The molecule has 7 heteroatoms. The number of urea groups is 1. The van der Waals surface area contributed by atoms with Crippen molar-refractivity contribution in [3.05, 3.63) is 53.4 Å². The summed E-state index contributed by atoms with van der Waals surface area (Å²) in [5, 5.41) is 17.7. The van der Waals surface area contributed by atoms with E-state index in [1.165, 1.54) is 6.20 Å². The highest BCUT2D eigenvalue weighted by Gasteiger charge is 2.04. The molecular weight excluding hydrogens is 274 g/mol. The summed E-state index contributed by atoms with van der Waals surface area (Å²) in [4.78, 5) is 22.2. The van der Waals surface area contributed by atoms with Crippen molar-refractivity contribution >= 4 is 12.0 Å². The smallest absolute Gasteiger partial charge is 0.335 e. The van der Waals surface area contributed by atoms with Gasteiger partial charge in [-0.15, -0.1) is 0 Å². The molecule has 0 saturated heterocycles. The van der Waals surface area contributed by atoms with E-state index in [1.54, 1.807) is 30.3 Å². The average Bonchev–Trinajstić information content (AvgIpc) is 2.99. The zero-order valence-corrected chi connectivity index (χ0v) is 11.2. The van der Waals surface area contributed by atoms with Gasteiger partial charge in [0.1, 0.15) is 0 Å². The van der Waals surface area contributed by atoms with Gasteiger partial charge in [0.25, 0.3) is 0 Å². The van der Waals surface area contributed by atoms with E-state index in [-0.39, 0.29) is 18.1 Å². The molecule has 1 aromatic heterocycles. The summed E-state index contributed by atoms with van der Waals surface area (Å²) in [6.07, 6.45) is 2.13. The average molecular weight is 289 g/mol. The van der Waals surface area contributed by atoms with E-state index < -0.39 is 5.97 Å². The number of hydrogen-bond acceptors (Lipinski definition) is 4. The third-order valence-corrected chi connectivity index (χ3v) is 2.81. The largest absolute Gasteiger partial charge is 0.478 e. The van der Waals surface area contributed by atoms with Crippen LogP contribution in [0.1, 0.15) is 21.7 Å². The molecule has 2 amide bonds. The van der Waals surface area contributed by atoms with E-state index in [0.29, 0.717) is 18.7 Å². The number of carbonyl (C=O) groups is 2. The van der Waals surface area contributed by atoms with Crippen LogP contribution in [0.2, 0.25) is 0 Å². The lowest BCUT2D eigenvalue weighted by Gasteiger charge is -2.06. The molecule has 0 bridgehead atoms. The summed E-state index contributed by atoms with van der Waals surface area (Å²) in [5.74, 6) is -0.374. The fourth-order valence-corrected chi connectivity index (χ4v) is 1.70. The number of hydrogen-bond donors (Lipinski definition) is 3. The summed E-state index contributed by atoms with van der Waals surface area (Å²) < 4.78 is 4.85. The molecule has 0 radical (unpaired) electrons. The molecule has 0 fully saturated rings. The van der Waals surface area contributed by atoms with Crippen LogP contribution in [0, 0.1) is 0 Å². The predicted octanol–water partition coefficient (Wildman–Crippen LogP) is 1.41. The Morgan fingerprint density at radius 1 is 1.14 bits per heavy atom. The summed E-state index contributed by atoms with van der Waals surface area (Å²) in [5.41, 5.74) is 1.20. The molecule has 0 unspecified atom stereocenters. The predicted molar refractivity (Wildman–Crippen MR) is 73.8 cm³/mol. The second kappa shape index (κ2) is 7.09. The molecule has 0 aliphatic rings. The minimum absolute atomic E-state index is 0.247. The van der Waals surface area contributed by atoms with Crippen LogP contribution in [0.5, 0.6) is 0 Å². The first kappa shape index (κ1) is 14.6. The van der Waals surface area contributed by atoms with Gasteiger partial charge >= 0.3 is 12.0 Å². The molecule has 0 saturated carbocycles. The van der Waals surface area contributed by atoms with Crippen LogP contribution in [0.15, 0.2) is 41.1 Å². The maximum absolute atomic E-state index is 11.5. The van der Waals surface area contributed by atoms with E-state index in [4.69, 9.17) is 9.63 Å². The summed E-state index contributed by atoms with van der Waals surface area (Å²) in [7, 11) is 0. The highest BCUT2D eigenvalue weighted by atomic mass is 16.5. The van der Waals surface area contributed by atoms with E-state index in [2.05, 4.69) is 15.8 Å². The Morgan fingerprint density at radius 2 is 1.90 bits per heavy atom. The Kier molecular flexibility index (Phi) is 4.92. The lowest BCUT2D eigenvalue weighted by Crippen LogP contribution is -2.36. The topological polar surface area (TPSA) is 104 Å². The molecule has 0 spiro atoms. The lowest BCUT2D eigenvalue weighted by molar-refractivity contribution is 0.0697. The number of carboxylic acids is 1. The Hall–Kier alpha value is -2.83. The minimum Gasteiger partial charge on any atom is -0.478 e. The van der Waals surface area contributed by atoms with E-state index >= 15 is 0 Å². The Balaban J connectivity index is 1.68. The lowest BCUT2D eigenvalue weighted by atomic mass is 10.1. The molecule has 7 nitrogen and oxygen atoms in total. The third-order valence-electron chi connectivity index (χ3n) is 2.81. The SMILES string of the molecule is O=C(NCCc1ccc(C(=O)O)cc1)NCc1ccno1. The second-order valence-electron chi connectivity index (χ2n) is 4.34. The third kappa shape index (κ3) is 4.64. The van der Waals surface area contributed by atoms with Crippen LogP contribution in [-0.4, -0.2) is 28.8 Å². The summed E-state index contributed by atoms with van der Waals surface area (Å²) >= 11 is 0. The van der Waals surface area contributed by atoms with E-state index in [9.17, 15) is 9.59 Å². The zero-order valence-electron chi connectivity index (χ0n) is 11.2. The Bertz CT molecular complexity index is 593. The number of aromatic nitrogens is 1.